The normalized spacial score (nSPS) is 13.4. The number of likely N-dealkylation sites (N-methyl/N-ethyl adjacent to an activating group) is 1. The molecule has 8 nitrogen and oxygen atoms in total. The molecule has 0 aromatic heterocycles. The van der Waals surface area contributed by atoms with Crippen LogP contribution in [0.5, 0.6) is 17.2 Å². The van der Waals surface area contributed by atoms with E-state index in [4.69, 9.17) is 14.2 Å². The van der Waals surface area contributed by atoms with Gasteiger partial charge in [-0.15, -0.1) is 0 Å². The van der Waals surface area contributed by atoms with Crippen molar-refractivity contribution in [3.63, 3.8) is 0 Å². The SMILES string of the molecule is COc1ccc(C(C)C)cc1S(=O)(=O)N(C)CC(=O)Nc1ccc2c(c1)OCCO2. The Morgan fingerprint density at radius 1 is 1.13 bits per heavy atom. The summed E-state index contributed by atoms with van der Waals surface area (Å²) < 4.78 is 43.4. The molecule has 1 N–H and O–H groups in total. The van der Waals surface area contributed by atoms with Gasteiger partial charge in [0.25, 0.3) is 0 Å². The van der Waals surface area contributed by atoms with E-state index in [0.717, 1.165) is 9.87 Å². The zero-order valence-corrected chi connectivity index (χ0v) is 18.3. The van der Waals surface area contributed by atoms with E-state index in [9.17, 15) is 13.2 Å². The molecule has 1 aliphatic heterocycles. The average Bonchev–Trinajstić information content (AvgIpc) is 2.72. The van der Waals surface area contributed by atoms with Gasteiger partial charge < -0.3 is 19.5 Å². The number of methoxy groups -OCH3 is 1. The number of nitrogens with zero attached hydrogens (tertiary/aromatic N) is 1. The van der Waals surface area contributed by atoms with Crippen LogP contribution < -0.4 is 19.5 Å². The first-order valence-corrected chi connectivity index (χ1v) is 11.0. The van der Waals surface area contributed by atoms with Gasteiger partial charge in [0.2, 0.25) is 15.9 Å². The second-order valence-electron chi connectivity index (χ2n) is 7.23. The summed E-state index contributed by atoms with van der Waals surface area (Å²) in [5, 5.41) is 2.69. The number of sulfonamides is 1. The molecule has 2 aromatic rings. The molecular formula is C21H26N2O6S. The van der Waals surface area contributed by atoms with Gasteiger partial charge >= 0.3 is 0 Å². The lowest BCUT2D eigenvalue weighted by molar-refractivity contribution is -0.116. The van der Waals surface area contributed by atoms with E-state index >= 15 is 0 Å². The lowest BCUT2D eigenvalue weighted by Crippen LogP contribution is -2.35. The van der Waals surface area contributed by atoms with Crippen LogP contribution in [0.25, 0.3) is 0 Å². The molecule has 9 heteroatoms. The van der Waals surface area contributed by atoms with Crippen LogP contribution in [0.1, 0.15) is 25.3 Å². The topological polar surface area (TPSA) is 94.2 Å². The Morgan fingerprint density at radius 3 is 2.50 bits per heavy atom. The van der Waals surface area contributed by atoms with Crippen molar-refractivity contribution in [1.82, 2.24) is 4.31 Å². The van der Waals surface area contributed by atoms with Crippen LogP contribution in [0.2, 0.25) is 0 Å². The first kappa shape index (κ1) is 21.9. The number of hydrogen-bond donors (Lipinski definition) is 1. The van der Waals surface area contributed by atoms with Crippen LogP contribution in [0.15, 0.2) is 41.3 Å². The number of hydrogen-bond acceptors (Lipinski definition) is 6. The molecule has 1 heterocycles. The summed E-state index contributed by atoms with van der Waals surface area (Å²) in [6.07, 6.45) is 0. The van der Waals surface area contributed by atoms with Gasteiger partial charge in [-0.05, 0) is 35.7 Å². The summed E-state index contributed by atoms with van der Waals surface area (Å²) in [7, 11) is -1.16. The van der Waals surface area contributed by atoms with Crippen molar-refractivity contribution in [3.05, 3.63) is 42.0 Å². The molecule has 30 heavy (non-hydrogen) atoms. The number of carbonyl (C=O) groups is 1. The van der Waals surface area contributed by atoms with E-state index in [1.807, 2.05) is 19.9 Å². The lowest BCUT2D eigenvalue weighted by Gasteiger charge is -2.21. The fraction of sp³-hybridized carbons (Fsp3) is 0.381. The van der Waals surface area contributed by atoms with Crippen molar-refractivity contribution in [3.8, 4) is 17.2 Å². The van der Waals surface area contributed by atoms with Crippen LogP contribution in [0.3, 0.4) is 0 Å². The van der Waals surface area contributed by atoms with Crippen molar-refractivity contribution >= 4 is 21.6 Å². The highest BCUT2D eigenvalue weighted by molar-refractivity contribution is 7.89. The summed E-state index contributed by atoms with van der Waals surface area (Å²) in [5.74, 6) is 1.05. The third kappa shape index (κ3) is 4.68. The zero-order valence-electron chi connectivity index (χ0n) is 17.5. The molecule has 0 saturated carbocycles. The third-order valence-electron chi connectivity index (χ3n) is 4.73. The molecule has 1 aliphatic rings. The fourth-order valence-corrected chi connectivity index (χ4v) is 4.34. The standard InChI is InChI=1S/C21H26N2O6S/c1-14(2)15-5-7-18(27-4)20(11-15)30(25,26)23(3)13-21(24)22-16-6-8-17-19(12-16)29-10-9-28-17/h5-8,11-12,14H,9-10,13H2,1-4H3,(H,22,24). The molecule has 0 spiro atoms. The Kier molecular flexibility index (Phi) is 6.52. The molecule has 0 saturated heterocycles. The molecular weight excluding hydrogens is 408 g/mol. The highest BCUT2D eigenvalue weighted by Gasteiger charge is 2.27. The highest BCUT2D eigenvalue weighted by Crippen LogP contribution is 2.33. The first-order valence-electron chi connectivity index (χ1n) is 9.56. The molecule has 0 atom stereocenters. The molecule has 0 radical (unpaired) electrons. The molecule has 0 fully saturated rings. The van der Waals surface area contributed by atoms with Crippen LogP contribution in [-0.4, -0.2) is 52.5 Å². The second-order valence-corrected chi connectivity index (χ2v) is 9.25. The van der Waals surface area contributed by atoms with Crippen molar-refractivity contribution in [1.29, 1.82) is 0 Å². The molecule has 0 aliphatic carbocycles. The van der Waals surface area contributed by atoms with E-state index in [2.05, 4.69) is 5.32 Å². The minimum absolute atomic E-state index is 0.0332. The molecule has 162 valence electrons. The van der Waals surface area contributed by atoms with Crippen LogP contribution in [0, 0.1) is 0 Å². The van der Waals surface area contributed by atoms with Gasteiger partial charge in [0.15, 0.2) is 11.5 Å². The maximum absolute atomic E-state index is 13.1. The molecule has 2 aromatic carbocycles. The number of rotatable bonds is 7. The first-order chi connectivity index (χ1) is 14.2. The van der Waals surface area contributed by atoms with Crippen LogP contribution in [-0.2, 0) is 14.8 Å². The van der Waals surface area contributed by atoms with Gasteiger partial charge in [-0.3, -0.25) is 4.79 Å². The minimum Gasteiger partial charge on any atom is -0.495 e. The number of benzene rings is 2. The highest BCUT2D eigenvalue weighted by atomic mass is 32.2. The van der Waals surface area contributed by atoms with Gasteiger partial charge in [-0.25, -0.2) is 8.42 Å². The van der Waals surface area contributed by atoms with E-state index in [1.54, 1.807) is 30.3 Å². The Morgan fingerprint density at radius 2 is 1.83 bits per heavy atom. The number of carbonyl (C=O) groups excluding carboxylic acids is 1. The van der Waals surface area contributed by atoms with E-state index in [1.165, 1.54) is 14.2 Å². The Bertz CT molecular complexity index is 1040. The van der Waals surface area contributed by atoms with Crippen molar-refractivity contribution in [2.75, 3.05) is 39.2 Å². The van der Waals surface area contributed by atoms with E-state index in [-0.39, 0.29) is 23.1 Å². The maximum Gasteiger partial charge on any atom is 0.246 e. The number of anilines is 1. The average molecular weight is 435 g/mol. The predicted molar refractivity (Wildman–Crippen MR) is 113 cm³/mol. The number of amides is 1. The van der Waals surface area contributed by atoms with E-state index < -0.39 is 15.9 Å². The molecule has 0 unspecified atom stereocenters. The van der Waals surface area contributed by atoms with Gasteiger partial charge in [-0.1, -0.05) is 19.9 Å². The lowest BCUT2D eigenvalue weighted by atomic mass is 10.0. The van der Waals surface area contributed by atoms with Crippen molar-refractivity contribution in [2.45, 2.75) is 24.7 Å². The molecule has 1 amide bonds. The zero-order chi connectivity index (χ0) is 21.9. The number of fused-ring (bicyclic) bond motifs is 1. The number of nitrogens with one attached hydrogen (secondary N) is 1. The minimum atomic E-state index is -3.94. The third-order valence-corrected chi connectivity index (χ3v) is 6.56. The summed E-state index contributed by atoms with van der Waals surface area (Å²) in [6.45, 7) is 4.50. The quantitative estimate of drug-likeness (QED) is 0.720. The summed E-state index contributed by atoms with van der Waals surface area (Å²) in [5.41, 5.74) is 1.36. The Hall–Kier alpha value is -2.78. The second kappa shape index (κ2) is 8.93. The largest absolute Gasteiger partial charge is 0.495 e. The van der Waals surface area contributed by atoms with Crippen LogP contribution >= 0.6 is 0 Å². The Balaban J connectivity index is 1.75. The molecule has 0 bridgehead atoms. The van der Waals surface area contributed by atoms with Gasteiger partial charge in [-0.2, -0.15) is 4.31 Å². The summed E-state index contributed by atoms with van der Waals surface area (Å²) >= 11 is 0. The van der Waals surface area contributed by atoms with Crippen molar-refractivity contribution < 1.29 is 27.4 Å². The van der Waals surface area contributed by atoms with Gasteiger partial charge in [0.1, 0.15) is 23.9 Å². The van der Waals surface area contributed by atoms with Crippen LogP contribution in [0.4, 0.5) is 5.69 Å². The van der Waals surface area contributed by atoms with E-state index in [0.29, 0.717) is 30.4 Å². The molecule has 3 rings (SSSR count). The van der Waals surface area contributed by atoms with Gasteiger partial charge in [0.05, 0.1) is 13.7 Å². The van der Waals surface area contributed by atoms with Crippen molar-refractivity contribution in [2.24, 2.45) is 0 Å². The fourth-order valence-electron chi connectivity index (χ4n) is 3.03. The smallest absolute Gasteiger partial charge is 0.246 e. The summed E-state index contributed by atoms with van der Waals surface area (Å²) in [4.78, 5) is 12.5. The summed E-state index contributed by atoms with van der Waals surface area (Å²) in [6, 6.07) is 10.1. The maximum atomic E-state index is 13.1. The predicted octanol–water partition coefficient (Wildman–Crippen LogP) is 2.85. The monoisotopic (exact) mass is 434 g/mol. The van der Waals surface area contributed by atoms with Gasteiger partial charge in [0, 0.05) is 18.8 Å². The Labute approximate surface area is 176 Å². The number of ether oxygens (including phenoxy) is 3.